The first-order valence-electron chi connectivity index (χ1n) is 5.20. The number of aromatic nitrogens is 7. The maximum absolute atomic E-state index is 11.7. The van der Waals surface area contributed by atoms with Gasteiger partial charge in [-0.15, -0.1) is 15.0 Å². The van der Waals surface area contributed by atoms with Gasteiger partial charge in [0.15, 0.2) is 6.33 Å². The van der Waals surface area contributed by atoms with Crippen LogP contribution < -0.4 is 5.69 Å². The number of hydrogen-bond acceptors (Lipinski definition) is 5. The van der Waals surface area contributed by atoms with Gasteiger partial charge in [-0.25, -0.2) is 14.0 Å². The van der Waals surface area contributed by atoms with Crippen molar-refractivity contribution < 1.29 is 0 Å². The van der Waals surface area contributed by atoms with Crippen LogP contribution in [0.2, 0.25) is 0 Å². The second-order valence-electron chi connectivity index (χ2n) is 3.65. The Morgan fingerprint density at radius 3 is 2.33 bits per heavy atom. The Kier molecular flexibility index (Phi) is 2.26. The van der Waals surface area contributed by atoms with Crippen molar-refractivity contribution in [3.63, 3.8) is 0 Å². The molecule has 0 radical (unpaired) electrons. The zero-order valence-corrected chi connectivity index (χ0v) is 9.50. The summed E-state index contributed by atoms with van der Waals surface area (Å²) in [7, 11) is 1.60. The fourth-order valence-electron chi connectivity index (χ4n) is 1.59. The number of nitrogens with zero attached hydrogens (tertiary/aromatic N) is 7. The van der Waals surface area contributed by atoms with Crippen molar-refractivity contribution in [1.82, 2.24) is 34.6 Å². The lowest BCUT2D eigenvalue weighted by Gasteiger charge is -2.02. The highest BCUT2D eigenvalue weighted by atomic mass is 16.2. The highest BCUT2D eigenvalue weighted by Gasteiger charge is 2.04. The van der Waals surface area contributed by atoms with E-state index in [-0.39, 0.29) is 5.69 Å². The van der Waals surface area contributed by atoms with Crippen LogP contribution in [0.3, 0.4) is 0 Å². The van der Waals surface area contributed by atoms with Crippen molar-refractivity contribution in [3.05, 3.63) is 47.4 Å². The Labute approximate surface area is 101 Å². The Morgan fingerprint density at radius 1 is 1.06 bits per heavy atom. The molecular formula is C10H9N7O. The molecule has 0 amide bonds. The maximum Gasteiger partial charge on any atom is 0.350 e. The van der Waals surface area contributed by atoms with Gasteiger partial charge in [-0.1, -0.05) is 0 Å². The van der Waals surface area contributed by atoms with Crippen LogP contribution in [0.15, 0.2) is 41.7 Å². The van der Waals surface area contributed by atoms with Crippen molar-refractivity contribution in [2.75, 3.05) is 0 Å². The molecule has 8 heteroatoms. The third-order valence-electron chi connectivity index (χ3n) is 2.53. The molecule has 0 bridgehead atoms. The van der Waals surface area contributed by atoms with E-state index in [0.717, 1.165) is 11.4 Å². The zero-order chi connectivity index (χ0) is 12.5. The minimum absolute atomic E-state index is 0.193. The first-order chi connectivity index (χ1) is 8.75. The van der Waals surface area contributed by atoms with Crippen molar-refractivity contribution in [3.8, 4) is 11.4 Å². The number of tetrazole rings is 1. The molecule has 2 aromatic heterocycles. The van der Waals surface area contributed by atoms with Crippen LogP contribution in [0.25, 0.3) is 11.4 Å². The molecule has 3 aromatic rings. The Morgan fingerprint density at radius 2 is 1.78 bits per heavy atom. The van der Waals surface area contributed by atoms with Crippen molar-refractivity contribution >= 4 is 0 Å². The van der Waals surface area contributed by atoms with Gasteiger partial charge in [0.2, 0.25) is 0 Å². The van der Waals surface area contributed by atoms with Gasteiger partial charge in [0.05, 0.1) is 11.4 Å². The summed E-state index contributed by atoms with van der Waals surface area (Å²) in [6.07, 6.45) is 2.84. The van der Waals surface area contributed by atoms with Gasteiger partial charge in [-0.3, -0.25) is 0 Å². The number of hydrogen-bond donors (Lipinski definition) is 0. The van der Waals surface area contributed by atoms with Crippen LogP contribution in [-0.4, -0.2) is 34.6 Å². The van der Waals surface area contributed by atoms with Gasteiger partial charge >= 0.3 is 5.69 Å². The fourth-order valence-corrected chi connectivity index (χ4v) is 1.59. The molecule has 0 unspecified atom stereocenters. The first-order valence-corrected chi connectivity index (χ1v) is 5.20. The number of rotatable bonds is 2. The van der Waals surface area contributed by atoms with E-state index < -0.39 is 0 Å². The lowest BCUT2D eigenvalue weighted by atomic mass is 10.3. The highest BCUT2D eigenvalue weighted by molar-refractivity contribution is 5.39. The molecule has 3 rings (SSSR count). The van der Waals surface area contributed by atoms with Gasteiger partial charge in [-0.2, -0.15) is 5.10 Å². The molecule has 0 aliphatic heterocycles. The van der Waals surface area contributed by atoms with Crippen molar-refractivity contribution in [2.24, 2.45) is 7.05 Å². The lowest BCUT2D eigenvalue weighted by molar-refractivity contribution is 0.718. The average molecular weight is 243 g/mol. The first kappa shape index (κ1) is 10.4. The molecule has 90 valence electrons. The van der Waals surface area contributed by atoms with Crippen LogP contribution in [0.4, 0.5) is 0 Å². The van der Waals surface area contributed by atoms with Crippen LogP contribution in [0.5, 0.6) is 0 Å². The minimum Gasteiger partial charge on any atom is -0.250 e. The van der Waals surface area contributed by atoms with Crippen LogP contribution in [0, 0.1) is 0 Å². The second-order valence-corrected chi connectivity index (χ2v) is 3.65. The van der Waals surface area contributed by atoms with Crippen molar-refractivity contribution in [2.45, 2.75) is 0 Å². The van der Waals surface area contributed by atoms with E-state index in [2.05, 4.69) is 20.5 Å². The van der Waals surface area contributed by atoms with E-state index in [0.29, 0.717) is 0 Å². The van der Waals surface area contributed by atoms with E-state index in [4.69, 9.17) is 0 Å². The van der Waals surface area contributed by atoms with E-state index in [9.17, 15) is 4.79 Å². The van der Waals surface area contributed by atoms with E-state index in [1.165, 1.54) is 26.7 Å². The van der Waals surface area contributed by atoms with Gasteiger partial charge < -0.3 is 0 Å². The fraction of sp³-hybridized carbons (Fsp3) is 0.100. The molecule has 8 nitrogen and oxygen atoms in total. The zero-order valence-electron chi connectivity index (χ0n) is 9.50. The SMILES string of the molecule is Cn1ncn(-c2ccc(-n3ncnn3)cc2)c1=O. The Hall–Kier alpha value is -2.77. The van der Waals surface area contributed by atoms with Gasteiger partial charge in [-0.05, 0) is 29.5 Å². The normalized spacial score (nSPS) is 10.7. The summed E-state index contributed by atoms with van der Waals surface area (Å²) < 4.78 is 2.73. The molecule has 0 fully saturated rings. The largest absolute Gasteiger partial charge is 0.350 e. The Balaban J connectivity index is 2.01. The van der Waals surface area contributed by atoms with Gasteiger partial charge in [0.1, 0.15) is 6.33 Å². The van der Waals surface area contributed by atoms with Crippen molar-refractivity contribution in [1.29, 1.82) is 0 Å². The molecule has 18 heavy (non-hydrogen) atoms. The number of aryl methyl sites for hydroxylation is 1. The van der Waals surface area contributed by atoms with Gasteiger partial charge in [0, 0.05) is 7.05 Å². The monoisotopic (exact) mass is 243 g/mol. The van der Waals surface area contributed by atoms with E-state index >= 15 is 0 Å². The van der Waals surface area contributed by atoms with E-state index in [1.54, 1.807) is 31.3 Å². The van der Waals surface area contributed by atoms with E-state index in [1.807, 2.05) is 0 Å². The molecule has 0 aliphatic carbocycles. The highest BCUT2D eigenvalue weighted by Crippen LogP contribution is 2.09. The van der Waals surface area contributed by atoms with Crippen LogP contribution in [-0.2, 0) is 7.05 Å². The maximum atomic E-state index is 11.7. The summed E-state index contributed by atoms with van der Waals surface area (Å²) in [5.74, 6) is 0. The summed E-state index contributed by atoms with van der Waals surface area (Å²) in [4.78, 5) is 13.1. The van der Waals surface area contributed by atoms with Crippen LogP contribution in [0.1, 0.15) is 0 Å². The minimum atomic E-state index is -0.193. The van der Waals surface area contributed by atoms with Gasteiger partial charge in [0.25, 0.3) is 0 Å². The molecule has 0 aliphatic rings. The topological polar surface area (TPSA) is 83.4 Å². The predicted octanol–water partition coefficient (Wildman–Crippen LogP) is -0.453. The molecule has 0 saturated heterocycles. The summed E-state index contributed by atoms with van der Waals surface area (Å²) in [5, 5.41) is 15.2. The third kappa shape index (κ3) is 1.59. The quantitative estimate of drug-likeness (QED) is 0.608. The summed E-state index contributed by atoms with van der Waals surface area (Å²) >= 11 is 0. The molecule has 2 heterocycles. The van der Waals surface area contributed by atoms with Crippen LogP contribution >= 0.6 is 0 Å². The second kappa shape index (κ2) is 3.91. The molecule has 1 aromatic carbocycles. The average Bonchev–Trinajstić information content (AvgIpc) is 3.02. The summed E-state index contributed by atoms with van der Waals surface area (Å²) in [6, 6.07) is 7.19. The number of benzene rings is 1. The molecule has 0 N–H and O–H groups in total. The predicted molar refractivity (Wildman–Crippen MR) is 61.5 cm³/mol. The molecule has 0 spiro atoms. The standard InChI is InChI=1S/C10H9N7O/c1-15-10(18)16(7-13-15)8-2-4-9(5-3-8)17-12-6-11-14-17/h2-7H,1H3. The third-order valence-corrected chi connectivity index (χ3v) is 2.53. The smallest absolute Gasteiger partial charge is 0.250 e. The summed E-state index contributed by atoms with van der Waals surface area (Å²) in [5.41, 5.74) is 1.31. The molecule has 0 atom stereocenters. The lowest BCUT2D eigenvalue weighted by Crippen LogP contribution is -2.21. The summed E-state index contributed by atoms with van der Waals surface area (Å²) in [6.45, 7) is 0. The molecule has 0 saturated carbocycles. The Bertz CT molecular complexity index is 708. The molecular weight excluding hydrogens is 234 g/mol.